The van der Waals surface area contributed by atoms with Crippen LogP contribution < -0.4 is 0 Å². The Bertz CT molecular complexity index is 427. The zero-order valence-electron chi connectivity index (χ0n) is 11.9. The van der Waals surface area contributed by atoms with Gasteiger partial charge in [-0.1, -0.05) is 30.7 Å². The van der Waals surface area contributed by atoms with Crippen LogP contribution in [0.5, 0.6) is 0 Å². The molecule has 0 heterocycles. The maximum atomic E-state index is 10.7. The minimum Gasteiger partial charge on any atom is -0.387 e. The molecule has 1 fully saturated rings. The highest BCUT2D eigenvalue weighted by molar-refractivity contribution is 5.31. The average molecular weight is 259 g/mol. The molecule has 0 aliphatic heterocycles. The lowest BCUT2D eigenvalue weighted by atomic mass is 9.84. The Hall–Kier alpha value is -0.860. The van der Waals surface area contributed by atoms with E-state index in [4.69, 9.17) is 0 Å². The molecule has 1 N–H and O–H groups in total. The lowest BCUT2D eigenvalue weighted by Crippen LogP contribution is -2.40. The van der Waals surface area contributed by atoms with Crippen molar-refractivity contribution in [3.63, 3.8) is 0 Å². The van der Waals surface area contributed by atoms with Gasteiger partial charge in [0.1, 0.15) is 0 Å². The zero-order valence-corrected chi connectivity index (χ0v) is 11.9. The third-order valence-corrected chi connectivity index (χ3v) is 5.02. The lowest BCUT2D eigenvalue weighted by Gasteiger charge is -2.36. The van der Waals surface area contributed by atoms with Gasteiger partial charge in [-0.15, -0.1) is 0 Å². The monoisotopic (exact) mass is 259 g/mol. The normalized spacial score (nSPS) is 27.7. The van der Waals surface area contributed by atoms with E-state index in [9.17, 15) is 5.11 Å². The van der Waals surface area contributed by atoms with Gasteiger partial charge in [-0.25, -0.2) is 0 Å². The van der Waals surface area contributed by atoms with E-state index in [1.54, 1.807) is 0 Å². The van der Waals surface area contributed by atoms with Crippen LogP contribution in [0.2, 0.25) is 0 Å². The Morgan fingerprint density at radius 2 is 1.95 bits per heavy atom. The first-order valence-corrected chi connectivity index (χ1v) is 7.72. The number of aliphatic hydroxyl groups excluding tert-OH is 1. The Kier molecular flexibility index (Phi) is 3.90. The second-order valence-electron chi connectivity index (χ2n) is 6.34. The number of benzene rings is 1. The first kappa shape index (κ1) is 13.1. The first-order valence-electron chi connectivity index (χ1n) is 7.72. The number of hydrogen-bond acceptors (Lipinski definition) is 2. The topological polar surface area (TPSA) is 23.5 Å². The highest BCUT2D eigenvalue weighted by Crippen LogP contribution is 2.33. The van der Waals surface area contributed by atoms with Crippen molar-refractivity contribution in [2.24, 2.45) is 5.92 Å². The predicted octanol–water partition coefficient (Wildman–Crippen LogP) is 3.16. The first-order chi connectivity index (χ1) is 9.25. The summed E-state index contributed by atoms with van der Waals surface area (Å²) in [5.41, 5.74) is 2.50. The maximum Gasteiger partial charge on any atom is 0.0947 e. The van der Waals surface area contributed by atoms with Crippen LogP contribution in [0.25, 0.3) is 0 Å². The number of likely N-dealkylation sites (N-methyl/N-ethyl adjacent to an activating group) is 1. The van der Waals surface area contributed by atoms with E-state index >= 15 is 0 Å². The highest BCUT2D eigenvalue weighted by Gasteiger charge is 2.30. The van der Waals surface area contributed by atoms with Crippen molar-refractivity contribution in [3.8, 4) is 0 Å². The van der Waals surface area contributed by atoms with E-state index in [2.05, 4.69) is 36.2 Å². The molecular formula is C17H25NO. The molecule has 2 atom stereocenters. The Morgan fingerprint density at radius 3 is 2.68 bits per heavy atom. The molecule has 104 valence electrons. The summed E-state index contributed by atoms with van der Waals surface area (Å²) in [6.07, 6.45) is 7.25. The quantitative estimate of drug-likeness (QED) is 0.843. The number of nitrogens with zero attached hydrogens (tertiary/aromatic N) is 1. The van der Waals surface area contributed by atoms with Crippen molar-refractivity contribution in [1.29, 1.82) is 0 Å². The van der Waals surface area contributed by atoms with E-state index in [0.717, 1.165) is 30.9 Å². The van der Waals surface area contributed by atoms with Crippen molar-refractivity contribution in [1.82, 2.24) is 4.90 Å². The van der Waals surface area contributed by atoms with Gasteiger partial charge in [0.15, 0.2) is 0 Å². The molecule has 0 saturated heterocycles. The van der Waals surface area contributed by atoms with Crippen molar-refractivity contribution in [2.75, 3.05) is 13.6 Å². The maximum absolute atomic E-state index is 10.7. The molecule has 2 aliphatic rings. The van der Waals surface area contributed by atoms with Crippen LogP contribution >= 0.6 is 0 Å². The predicted molar refractivity (Wildman–Crippen MR) is 78.1 cm³/mol. The van der Waals surface area contributed by atoms with E-state index < -0.39 is 0 Å². The molecule has 0 aromatic heterocycles. The number of fused-ring (bicyclic) bond motifs is 1. The molecule has 2 aliphatic carbocycles. The summed E-state index contributed by atoms with van der Waals surface area (Å²) in [5.74, 6) is 0.871. The fraction of sp³-hybridized carbons (Fsp3) is 0.647. The van der Waals surface area contributed by atoms with Crippen molar-refractivity contribution in [3.05, 3.63) is 35.4 Å². The standard InChI is InChI=1S/C17H25NO/c1-18(12-13-6-4-7-13)16-11-5-9-14-8-2-3-10-15(14)17(16)19/h2-3,8,10,13,16-17,19H,4-7,9,11-12H2,1H3. The van der Waals surface area contributed by atoms with Gasteiger partial charge < -0.3 is 10.0 Å². The van der Waals surface area contributed by atoms with Gasteiger partial charge in [0, 0.05) is 12.6 Å². The van der Waals surface area contributed by atoms with Gasteiger partial charge in [-0.3, -0.25) is 0 Å². The highest BCUT2D eigenvalue weighted by atomic mass is 16.3. The molecule has 0 spiro atoms. The summed E-state index contributed by atoms with van der Waals surface area (Å²) in [7, 11) is 2.19. The molecule has 2 unspecified atom stereocenters. The molecule has 2 heteroatoms. The lowest BCUT2D eigenvalue weighted by molar-refractivity contribution is 0.0431. The van der Waals surface area contributed by atoms with Gasteiger partial charge in [0.05, 0.1) is 6.10 Å². The summed E-state index contributed by atoms with van der Waals surface area (Å²) in [6, 6.07) is 8.71. The van der Waals surface area contributed by atoms with Gasteiger partial charge in [0.2, 0.25) is 0 Å². The van der Waals surface area contributed by atoms with Crippen LogP contribution in [-0.4, -0.2) is 29.6 Å². The number of aryl methyl sites for hydroxylation is 1. The van der Waals surface area contributed by atoms with Crippen LogP contribution in [0.3, 0.4) is 0 Å². The Morgan fingerprint density at radius 1 is 1.16 bits per heavy atom. The molecule has 1 aromatic rings. The van der Waals surface area contributed by atoms with E-state index in [-0.39, 0.29) is 6.10 Å². The molecule has 1 saturated carbocycles. The SMILES string of the molecule is CN(CC1CCC1)C1CCCc2ccccc2C1O. The Labute approximate surface area is 116 Å². The third kappa shape index (κ3) is 2.70. The molecule has 1 aromatic carbocycles. The van der Waals surface area contributed by atoms with Crippen molar-refractivity contribution >= 4 is 0 Å². The molecule has 19 heavy (non-hydrogen) atoms. The third-order valence-electron chi connectivity index (χ3n) is 5.02. The molecular weight excluding hydrogens is 234 g/mol. The van der Waals surface area contributed by atoms with E-state index in [0.29, 0.717) is 6.04 Å². The number of hydrogen-bond donors (Lipinski definition) is 1. The molecule has 0 radical (unpaired) electrons. The number of aliphatic hydroxyl groups is 1. The van der Waals surface area contributed by atoms with Crippen LogP contribution in [0.15, 0.2) is 24.3 Å². The molecule has 0 amide bonds. The van der Waals surface area contributed by atoms with Crippen molar-refractivity contribution in [2.45, 2.75) is 50.7 Å². The fourth-order valence-corrected chi connectivity index (χ4v) is 3.60. The molecule has 3 rings (SSSR count). The van der Waals surface area contributed by atoms with Gasteiger partial charge in [-0.2, -0.15) is 0 Å². The van der Waals surface area contributed by atoms with Gasteiger partial charge >= 0.3 is 0 Å². The van der Waals surface area contributed by atoms with Gasteiger partial charge in [0.25, 0.3) is 0 Å². The van der Waals surface area contributed by atoms with Crippen LogP contribution in [0.1, 0.15) is 49.3 Å². The zero-order chi connectivity index (χ0) is 13.2. The van der Waals surface area contributed by atoms with Gasteiger partial charge in [-0.05, 0) is 56.2 Å². The number of rotatable bonds is 3. The van der Waals surface area contributed by atoms with Crippen LogP contribution in [-0.2, 0) is 6.42 Å². The molecule has 0 bridgehead atoms. The minimum atomic E-state index is -0.316. The van der Waals surface area contributed by atoms with Crippen LogP contribution in [0.4, 0.5) is 0 Å². The summed E-state index contributed by atoms with van der Waals surface area (Å²) >= 11 is 0. The average Bonchev–Trinajstić information content (AvgIpc) is 2.54. The fourth-order valence-electron chi connectivity index (χ4n) is 3.60. The second kappa shape index (κ2) is 5.64. The largest absolute Gasteiger partial charge is 0.387 e. The smallest absolute Gasteiger partial charge is 0.0947 e. The summed E-state index contributed by atoms with van der Waals surface area (Å²) < 4.78 is 0. The summed E-state index contributed by atoms with van der Waals surface area (Å²) in [6.45, 7) is 1.16. The van der Waals surface area contributed by atoms with E-state index in [1.165, 1.54) is 31.2 Å². The Balaban J connectivity index is 1.74. The second-order valence-corrected chi connectivity index (χ2v) is 6.34. The van der Waals surface area contributed by atoms with Crippen LogP contribution in [0, 0.1) is 5.92 Å². The van der Waals surface area contributed by atoms with Crippen molar-refractivity contribution < 1.29 is 5.11 Å². The molecule has 2 nitrogen and oxygen atoms in total. The summed E-state index contributed by atoms with van der Waals surface area (Å²) in [5, 5.41) is 10.7. The minimum absolute atomic E-state index is 0.296. The summed E-state index contributed by atoms with van der Waals surface area (Å²) in [4.78, 5) is 2.41. The van der Waals surface area contributed by atoms with E-state index in [1.807, 2.05) is 0 Å².